The first-order valence-corrected chi connectivity index (χ1v) is 5.94. The van der Waals surface area contributed by atoms with Crippen LogP contribution in [0.15, 0.2) is 42.9 Å². The Hall–Kier alpha value is -2.31. The van der Waals surface area contributed by atoms with Crippen molar-refractivity contribution in [1.29, 1.82) is 0 Å². The van der Waals surface area contributed by atoms with Gasteiger partial charge < -0.3 is 4.57 Å². The van der Waals surface area contributed by atoms with E-state index >= 15 is 0 Å². The third-order valence-corrected chi connectivity index (χ3v) is 3.05. The number of benzene rings is 1. The zero-order valence-corrected chi connectivity index (χ0v) is 10.5. The molecule has 1 atom stereocenters. The van der Waals surface area contributed by atoms with E-state index in [0.29, 0.717) is 0 Å². The minimum absolute atomic E-state index is 0.280. The van der Waals surface area contributed by atoms with Gasteiger partial charge in [0.2, 0.25) is 0 Å². The van der Waals surface area contributed by atoms with Crippen LogP contribution in [0.2, 0.25) is 0 Å². The zero-order chi connectivity index (χ0) is 13.2. The number of rotatable bonds is 3. The molecular weight excluding hydrogens is 240 g/mol. The van der Waals surface area contributed by atoms with Gasteiger partial charge in [-0.1, -0.05) is 12.1 Å². The van der Waals surface area contributed by atoms with E-state index in [-0.39, 0.29) is 6.04 Å². The standard InChI is InChI=1S/C13H14N6/c1-19-7-6-15-13(19)12(18-14)11-8-16-9-4-2-3-5-10(9)17-11/h2-8,12,18H,14H2,1H3. The van der Waals surface area contributed by atoms with Crippen LogP contribution in [-0.2, 0) is 7.05 Å². The molecule has 19 heavy (non-hydrogen) atoms. The number of para-hydroxylation sites is 2. The normalized spacial score (nSPS) is 12.7. The number of aryl methyl sites for hydroxylation is 1. The predicted molar refractivity (Wildman–Crippen MR) is 71.9 cm³/mol. The van der Waals surface area contributed by atoms with Crippen molar-refractivity contribution >= 4 is 11.0 Å². The average Bonchev–Trinajstić information content (AvgIpc) is 2.86. The molecule has 0 bridgehead atoms. The van der Waals surface area contributed by atoms with Crippen LogP contribution < -0.4 is 11.3 Å². The molecule has 1 unspecified atom stereocenters. The maximum absolute atomic E-state index is 5.64. The fraction of sp³-hybridized carbons (Fsp3) is 0.154. The predicted octanol–water partition coefficient (Wildman–Crippen LogP) is 0.916. The Labute approximate surface area is 110 Å². The Kier molecular flexibility index (Phi) is 2.94. The van der Waals surface area contributed by atoms with Crippen molar-refractivity contribution in [3.05, 3.63) is 54.4 Å². The lowest BCUT2D eigenvalue weighted by molar-refractivity contribution is 0.567. The molecule has 0 saturated carbocycles. The van der Waals surface area contributed by atoms with Crippen molar-refractivity contribution < 1.29 is 0 Å². The van der Waals surface area contributed by atoms with E-state index < -0.39 is 0 Å². The third kappa shape index (κ3) is 2.07. The van der Waals surface area contributed by atoms with Crippen LogP contribution in [0, 0.1) is 0 Å². The number of hydrogen-bond donors (Lipinski definition) is 2. The van der Waals surface area contributed by atoms with Crippen molar-refractivity contribution in [2.45, 2.75) is 6.04 Å². The van der Waals surface area contributed by atoms with Gasteiger partial charge in [0, 0.05) is 19.4 Å². The van der Waals surface area contributed by atoms with Gasteiger partial charge in [-0.3, -0.25) is 10.8 Å². The summed E-state index contributed by atoms with van der Waals surface area (Å²) >= 11 is 0. The van der Waals surface area contributed by atoms with Crippen LogP contribution >= 0.6 is 0 Å². The third-order valence-electron chi connectivity index (χ3n) is 3.05. The highest BCUT2D eigenvalue weighted by Crippen LogP contribution is 2.19. The second kappa shape index (κ2) is 4.75. The Morgan fingerprint density at radius 2 is 2.00 bits per heavy atom. The van der Waals surface area contributed by atoms with E-state index in [9.17, 15) is 0 Å². The molecular formula is C13H14N6. The van der Waals surface area contributed by atoms with Crippen LogP contribution in [-0.4, -0.2) is 19.5 Å². The van der Waals surface area contributed by atoms with Crippen molar-refractivity contribution in [2.75, 3.05) is 0 Å². The molecule has 1 aromatic carbocycles. The van der Waals surface area contributed by atoms with E-state index in [2.05, 4.69) is 20.4 Å². The molecule has 0 radical (unpaired) electrons. The molecule has 0 aliphatic rings. The maximum Gasteiger partial charge on any atom is 0.133 e. The minimum Gasteiger partial charge on any atom is -0.336 e. The average molecular weight is 254 g/mol. The number of aromatic nitrogens is 4. The van der Waals surface area contributed by atoms with Crippen LogP contribution in [0.25, 0.3) is 11.0 Å². The molecule has 3 rings (SSSR count). The highest BCUT2D eigenvalue weighted by atomic mass is 15.3. The fourth-order valence-electron chi connectivity index (χ4n) is 2.06. The summed E-state index contributed by atoms with van der Waals surface area (Å²) in [4.78, 5) is 13.3. The van der Waals surface area contributed by atoms with Crippen LogP contribution in [0.4, 0.5) is 0 Å². The molecule has 0 fully saturated rings. The van der Waals surface area contributed by atoms with Gasteiger partial charge >= 0.3 is 0 Å². The lowest BCUT2D eigenvalue weighted by Gasteiger charge is -2.15. The first kappa shape index (κ1) is 11.8. The van der Waals surface area contributed by atoms with Gasteiger partial charge in [0.15, 0.2) is 0 Å². The van der Waals surface area contributed by atoms with E-state index in [0.717, 1.165) is 22.6 Å². The molecule has 0 saturated heterocycles. The number of imidazole rings is 1. The van der Waals surface area contributed by atoms with Gasteiger partial charge in [-0.05, 0) is 12.1 Å². The first-order chi connectivity index (χ1) is 9.29. The van der Waals surface area contributed by atoms with Crippen molar-refractivity contribution in [3.63, 3.8) is 0 Å². The Morgan fingerprint density at radius 1 is 1.21 bits per heavy atom. The smallest absolute Gasteiger partial charge is 0.133 e. The van der Waals surface area contributed by atoms with Gasteiger partial charge in [-0.15, -0.1) is 0 Å². The number of fused-ring (bicyclic) bond motifs is 1. The molecule has 0 aliphatic carbocycles. The minimum atomic E-state index is -0.280. The van der Waals surface area contributed by atoms with Gasteiger partial charge in [-0.25, -0.2) is 15.4 Å². The summed E-state index contributed by atoms with van der Waals surface area (Å²) in [5.41, 5.74) is 5.19. The lowest BCUT2D eigenvalue weighted by atomic mass is 10.2. The Balaban J connectivity index is 2.09. The Bertz CT molecular complexity index is 705. The molecule has 2 heterocycles. The van der Waals surface area contributed by atoms with Gasteiger partial charge in [0.1, 0.15) is 11.9 Å². The fourth-order valence-corrected chi connectivity index (χ4v) is 2.06. The van der Waals surface area contributed by atoms with E-state index in [4.69, 9.17) is 5.84 Å². The molecule has 0 amide bonds. The summed E-state index contributed by atoms with van der Waals surface area (Å²) in [7, 11) is 1.92. The quantitative estimate of drug-likeness (QED) is 0.536. The van der Waals surface area contributed by atoms with E-state index in [1.54, 1.807) is 12.4 Å². The number of hydrazine groups is 1. The van der Waals surface area contributed by atoms with Crippen molar-refractivity contribution in [3.8, 4) is 0 Å². The second-order valence-electron chi connectivity index (χ2n) is 4.28. The molecule has 96 valence electrons. The first-order valence-electron chi connectivity index (χ1n) is 5.94. The van der Waals surface area contributed by atoms with Crippen molar-refractivity contribution in [2.24, 2.45) is 12.9 Å². The van der Waals surface area contributed by atoms with E-state index in [1.807, 2.05) is 42.1 Å². The van der Waals surface area contributed by atoms with E-state index in [1.165, 1.54) is 0 Å². The summed E-state index contributed by atoms with van der Waals surface area (Å²) in [6, 6.07) is 7.45. The van der Waals surface area contributed by atoms with Gasteiger partial charge in [-0.2, -0.15) is 0 Å². The summed E-state index contributed by atoms with van der Waals surface area (Å²) in [5.74, 6) is 6.44. The van der Waals surface area contributed by atoms with Crippen LogP contribution in [0.1, 0.15) is 17.6 Å². The summed E-state index contributed by atoms with van der Waals surface area (Å²) in [6.07, 6.45) is 5.32. The Morgan fingerprint density at radius 3 is 2.68 bits per heavy atom. The number of hydrogen-bond acceptors (Lipinski definition) is 5. The summed E-state index contributed by atoms with van der Waals surface area (Å²) < 4.78 is 1.90. The molecule has 0 aliphatic heterocycles. The lowest BCUT2D eigenvalue weighted by Crippen LogP contribution is -2.31. The largest absolute Gasteiger partial charge is 0.336 e. The zero-order valence-electron chi connectivity index (χ0n) is 10.5. The summed E-state index contributed by atoms with van der Waals surface area (Å²) in [6.45, 7) is 0. The number of nitrogens with two attached hydrogens (primary N) is 1. The molecule has 6 heteroatoms. The van der Waals surface area contributed by atoms with Gasteiger partial charge in [0.05, 0.1) is 22.9 Å². The topological polar surface area (TPSA) is 81.7 Å². The highest BCUT2D eigenvalue weighted by Gasteiger charge is 2.18. The van der Waals surface area contributed by atoms with Crippen LogP contribution in [0.3, 0.4) is 0 Å². The number of nitrogens with one attached hydrogen (secondary N) is 1. The molecule has 3 aromatic rings. The molecule has 0 spiro atoms. The molecule has 2 aromatic heterocycles. The van der Waals surface area contributed by atoms with Gasteiger partial charge in [0.25, 0.3) is 0 Å². The SMILES string of the molecule is Cn1ccnc1C(NN)c1cnc2ccccc2n1. The second-order valence-corrected chi connectivity index (χ2v) is 4.28. The maximum atomic E-state index is 5.64. The monoisotopic (exact) mass is 254 g/mol. The molecule has 6 nitrogen and oxygen atoms in total. The summed E-state index contributed by atoms with van der Waals surface area (Å²) in [5, 5.41) is 0. The number of nitrogens with zero attached hydrogens (tertiary/aromatic N) is 4. The molecule has 3 N–H and O–H groups in total. The van der Waals surface area contributed by atoms with Crippen LogP contribution in [0.5, 0.6) is 0 Å². The van der Waals surface area contributed by atoms with Crippen molar-refractivity contribution in [1.82, 2.24) is 24.9 Å². The highest BCUT2D eigenvalue weighted by molar-refractivity contribution is 5.73.